The number of nitrogens with zero attached hydrogens (tertiary/aromatic N) is 3. The number of H-pyrrole nitrogens is 1. The van der Waals surface area contributed by atoms with Crippen molar-refractivity contribution in [3.63, 3.8) is 0 Å². The van der Waals surface area contributed by atoms with Crippen molar-refractivity contribution in [3.8, 4) is 5.75 Å². The van der Waals surface area contributed by atoms with Crippen LogP contribution in [0.1, 0.15) is 23.4 Å². The van der Waals surface area contributed by atoms with Crippen molar-refractivity contribution in [2.75, 3.05) is 7.11 Å². The number of nitro benzene ring substituents is 1. The number of nitrogens with two attached hydrogens (primary N) is 2. The fraction of sp³-hybridized carbons (Fsp3) is 0.167. The summed E-state index contributed by atoms with van der Waals surface area (Å²) in [7, 11) is 1.51. The highest BCUT2D eigenvalue weighted by Gasteiger charge is 2.27. The summed E-state index contributed by atoms with van der Waals surface area (Å²) < 4.78 is 5.10. The number of rotatable bonds is 7. The quantitative estimate of drug-likeness (QED) is 0.157. The van der Waals surface area contributed by atoms with Crippen molar-refractivity contribution in [3.05, 3.63) is 74.2 Å². The van der Waals surface area contributed by atoms with Crippen molar-refractivity contribution in [2.24, 2.45) is 16.6 Å². The molecule has 0 aliphatic rings. The first kappa shape index (κ1) is 20.5. The van der Waals surface area contributed by atoms with Crippen molar-refractivity contribution >= 4 is 22.7 Å². The molecule has 0 fully saturated rings. The number of nitro groups is 1. The van der Waals surface area contributed by atoms with E-state index in [1.54, 1.807) is 24.3 Å². The highest BCUT2D eigenvalue weighted by Crippen LogP contribution is 2.28. The minimum absolute atomic E-state index is 0.107. The highest BCUT2D eigenvalue weighted by molar-refractivity contribution is 5.77. The maximum Gasteiger partial charge on any atom is 0.272 e. The van der Waals surface area contributed by atoms with Crippen LogP contribution in [0.5, 0.6) is 5.75 Å². The first-order valence-corrected chi connectivity index (χ1v) is 8.64. The van der Waals surface area contributed by atoms with Gasteiger partial charge in [-0.2, -0.15) is 0 Å². The van der Waals surface area contributed by atoms with Crippen LogP contribution in [0.15, 0.2) is 52.4 Å². The molecule has 2 atom stereocenters. The molecular weight excluding hydrogens is 394 g/mol. The first-order chi connectivity index (χ1) is 14.3. The third-order valence-electron chi connectivity index (χ3n) is 4.31. The Labute approximate surface area is 169 Å². The molecule has 3 rings (SSSR count). The van der Waals surface area contributed by atoms with E-state index in [1.165, 1.54) is 25.3 Å². The maximum absolute atomic E-state index is 12.7. The van der Waals surface area contributed by atoms with E-state index in [4.69, 9.17) is 16.2 Å². The van der Waals surface area contributed by atoms with Crippen molar-refractivity contribution < 1.29 is 14.8 Å². The van der Waals surface area contributed by atoms with E-state index >= 15 is 0 Å². The molecular formula is C18H19N7O5. The zero-order valence-corrected chi connectivity index (χ0v) is 15.8. The number of aromatic nitrogens is 2. The molecule has 0 bridgehead atoms. The van der Waals surface area contributed by atoms with Crippen LogP contribution in [0, 0.1) is 10.1 Å². The lowest BCUT2D eigenvalue weighted by atomic mass is 10.00. The van der Waals surface area contributed by atoms with Crippen molar-refractivity contribution in [1.82, 2.24) is 15.4 Å². The number of aliphatic hydroxyl groups is 1. The molecule has 12 nitrogen and oxygen atoms in total. The summed E-state index contributed by atoms with van der Waals surface area (Å²) in [6.07, 6.45) is -1.26. The number of aromatic amines is 1. The minimum Gasteiger partial charge on any atom is -0.497 e. The van der Waals surface area contributed by atoms with Gasteiger partial charge >= 0.3 is 0 Å². The van der Waals surface area contributed by atoms with E-state index < -0.39 is 22.6 Å². The first-order valence-electron chi connectivity index (χ1n) is 8.64. The summed E-state index contributed by atoms with van der Waals surface area (Å²) in [5.74, 6) is 0.276. The lowest BCUT2D eigenvalue weighted by Crippen LogP contribution is -2.34. The van der Waals surface area contributed by atoms with Crippen LogP contribution >= 0.6 is 0 Å². The Balaban J connectivity index is 2.08. The topological polar surface area (TPSA) is 195 Å². The molecule has 156 valence electrons. The molecule has 0 spiro atoms. The lowest BCUT2D eigenvalue weighted by Gasteiger charge is -2.22. The molecule has 2 unspecified atom stereocenters. The molecule has 0 radical (unpaired) electrons. The van der Waals surface area contributed by atoms with Crippen LogP contribution in [0.2, 0.25) is 0 Å². The Morgan fingerprint density at radius 3 is 2.60 bits per heavy atom. The fourth-order valence-electron chi connectivity index (χ4n) is 2.83. The Bertz CT molecular complexity index is 1160. The van der Waals surface area contributed by atoms with Gasteiger partial charge in [-0.3, -0.25) is 20.3 Å². The smallest absolute Gasteiger partial charge is 0.272 e. The zero-order chi connectivity index (χ0) is 21.8. The van der Waals surface area contributed by atoms with Gasteiger partial charge in [0.15, 0.2) is 0 Å². The molecule has 2 aromatic carbocycles. The molecule has 0 aliphatic heterocycles. The predicted octanol–water partition coefficient (Wildman–Crippen LogP) is 0.393. The Morgan fingerprint density at radius 2 is 2.00 bits per heavy atom. The van der Waals surface area contributed by atoms with Gasteiger partial charge in [-0.15, -0.1) is 5.10 Å². The summed E-state index contributed by atoms with van der Waals surface area (Å²) in [5.41, 5.74) is 13.2. The third kappa shape index (κ3) is 4.28. The number of aliphatic hydroxyl groups excluding tert-OH is 1. The molecule has 1 heterocycles. The molecule has 7 N–H and O–H groups in total. The molecule has 0 amide bonds. The summed E-state index contributed by atoms with van der Waals surface area (Å²) in [4.78, 5) is 29.8. The van der Waals surface area contributed by atoms with E-state index in [2.05, 4.69) is 20.5 Å². The Kier molecular flexibility index (Phi) is 5.78. The summed E-state index contributed by atoms with van der Waals surface area (Å²) in [6.45, 7) is 0. The lowest BCUT2D eigenvalue weighted by molar-refractivity contribution is -0.384. The van der Waals surface area contributed by atoms with E-state index in [1.807, 2.05) is 0 Å². The van der Waals surface area contributed by atoms with Gasteiger partial charge < -0.3 is 26.3 Å². The van der Waals surface area contributed by atoms with Crippen molar-refractivity contribution in [2.45, 2.75) is 12.1 Å². The van der Waals surface area contributed by atoms with Crippen LogP contribution in [0.4, 0.5) is 5.69 Å². The normalized spacial score (nSPS) is 12.7. The minimum atomic E-state index is -1.26. The molecule has 30 heavy (non-hydrogen) atoms. The molecule has 12 heteroatoms. The van der Waals surface area contributed by atoms with Crippen LogP contribution in [-0.2, 0) is 0 Å². The number of hydrogen-bond acceptors (Lipinski definition) is 8. The standard InChI is InChI=1S/C18H19N7O5/c1-30-11-5-2-9(3-6-11)16(26)14(23-24-18(19)20)15-17(27)22-13-8-10(25(28)29)4-7-12(13)21-15/h2-8,14,16,23,26H,1H3,(H,22,27)(H4,19,20,24). The van der Waals surface area contributed by atoms with E-state index in [0.717, 1.165) is 0 Å². The van der Waals surface area contributed by atoms with Gasteiger partial charge in [-0.25, -0.2) is 4.98 Å². The highest BCUT2D eigenvalue weighted by atomic mass is 16.6. The van der Waals surface area contributed by atoms with Gasteiger partial charge in [0.2, 0.25) is 5.96 Å². The van der Waals surface area contributed by atoms with Gasteiger partial charge in [0.1, 0.15) is 23.6 Å². The number of methoxy groups -OCH3 is 1. The number of fused-ring (bicyclic) bond motifs is 1. The van der Waals surface area contributed by atoms with E-state index in [-0.39, 0.29) is 28.4 Å². The second kappa shape index (κ2) is 8.45. The maximum atomic E-state index is 12.7. The van der Waals surface area contributed by atoms with Gasteiger partial charge in [-0.05, 0) is 23.8 Å². The molecule has 0 saturated carbocycles. The molecule has 0 saturated heterocycles. The molecule has 0 aliphatic carbocycles. The second-order valence-corrected chi connectivity index (χ2v) is 6.27. The number of nitrogens with one attached hydrogen (secondary N) is 2. The Hall–Kier alpha value is -4.19. The summed E-state index contributed by atoms with van der Waals surface area (Å²) >= 11 is 0. The van der Waals surface area contributed by atoms with Crippen LogP contribution in [-0.4, -0.2) is 33.1 Å². The van der Waals surface area contributed by atoms with Gasteiger partial charge in [0, 0.05) is 12.1 Å². The number of non-ortho nitro benzene ring substituents is 1. The Morgan fingerprint density at radius 1 is 1.30 bits per heavy atom. The van der Waals surface area contributed by atoms with Crippen LogP contribution in [0.25, 0.3) is 11.0 Å². The zero-order valence-electron chi connectivity index (χ0n) is 15.8. The number of benzene rings is 2. The van der Waals surface area contributed by atoms with Gasteiger partial charge in [0.05, 0.1) is 23.1 Å². The van der Waals surface area contributed by atoms with Gasteiger partial charge in [0.25, 0.3) is 11.2 Å². The summed E-state index contributed by atoms with van der Waals surface area (Å²) in [6, 6.07) is 9.26. The number of ether oxygens (including phenoxy) is 1. The number of guanidine groups is 1. The SMILES string of the molecule is COc1ccc(C(O)C(NN=C(N)N)c2nc3ccc([N+](=O)[O-])cc3[nH]c2=O)cc1. The number of hydrogen-bond donors (Lipinski definition) is 5. The van der Waals surface area contributed by atoms with Crippen molar-refractivity contribution in [1.29, 1.82) is 0 Å². The van der Waals surface area contributed by atoms with E-state index in [0.29, 0.717) is 11.3 Å². The number of hydrazone groups is 1. The molecule has 1 aromatic heterocycles. The monoisotopic (exact) mass is 413 g/mol. The van der Waals surface area contributed by atoms with E-state index in [9.17, 15) is 20.0 Å². The average Bonchev–Trinajstić information content (AvgIpc) is 2.73. The largest absolute Gasteiger partial charge is 0.497 e. The predicted molar refractivity (Wildman–Crippen MR) is 109 cm³/mol. The average molecular weight is 413 g/mol. The van der Waals surface area contributed by atoms with Crippen LogP contribution < -0.4 is 27.2 Å². The second-order valence-electron chi connectivity index (χ2n) is 6.27. The third-order valence-corrected chi connectivity index (χ3v) is 4.31. The van der Waals surface area contributed by atoms with Crippen LogP contribution in [0.3, 0.4) is 0 Å². The van der Waals surface area contributed by atoms with Gasteiger partial charge in [-0.1, -0.05) is 12.1 Å². The molecule has 3 aromatic rings. The summed E-state index contributed by atoms with van der Waals surface area (Å²) in [5, 5.41) is 25.5. The fourth-order valence-corrected chi connectivity index (χ4v) is 2.83.